The predicted molar refractivity (Wildman–Crippen MR) is 92.3 cm³/mol. The zero-order chi connectivity index (χ0) is 16.0. The molecule has 2 rings (SSSR count). The van der Waals surface area contributed by atoms with Gasteiger partial charge in [-0.2, -0.15) is 4.68 Å². The van der Waals surface area contributed by atoms with Gasteiger partial charge in [-0.1, -0.05) is 47.7 Å². The van der Waals surface area contributed by atoms with Crippen LogP contribution in [0.1, 0.15) is 33.6 Å². The van der Waals surface area contributed by atoms with Crippen molar-refractivity contribution in [3.63, 3.8) is 0 Å². The largest absolute Gasteiger partial charge is 0.214 e. The molecule has 1 atom stereocenters. The van der Waals surface area contributed by atoms with Crippen LogP contribution in [0.2, 0.25) is 0 Å². The third kappa shape index (κ3) is 4.31. The number of hydrogen-bond donors (Lipinski definition) is 0. The molecule has 0 saturated carbocycles. The Balaban J connectivity index is 2.17. The minimum atomic E-state index is -0.104. The summed E-state index contributed by atoms with van der Waals surface area (Å²) < 4.78 is 1.67. The molecule has 0 aliphatic carbocycles. The van der Waals surface area contributed by atoms with Crippen LogP contribution >= 0.6 is 11.8 Å². The van der Waals surface area contributed by atoms with Crippen LogP contribution in [0.5, 0.6) is 0 Å². The van der Waals surface area contributed by atoms with Crippen LogP contribution in [0, 0.1) is 0 Å². The summed E-state index contributed by atoms with van der Waals surface area (Å²) in [7, 11) is 0. The number of aromatic nitrogens is 4. The van der Waals surface area contributed by atoms with Crippen LogP contribution in [0.3, 0.4) is 0 Å². The molecular weight excluding hydrogens is 292 g/mol. The van der Waals surface area contributed by atoms with Crippen molar-refractivity contribution >= 4 is 11.8 Å². The van der Waals surface area contributed by atoms with Gasteiger partial charge in [0.1, 0.15) is 0 Å². The van der Waals surface area contributed by atoms with Gasteiger partial charge >= 0.3 is 0 Å². The molecule has 0 amide bonds. The van der Waals surface area contributed by atoms with Gasteiger partial charge in [0.05, 0.1) is 5.69 Å². The van der Waals surface area contributed by atoms with Crippen LogP contribution in [0.15, 0.2) is 59.8 Å². The molecule has 116 valence electrons. The van der Waals surface area contributed by atoms with E-state index >= 15 is 0 Å². The Bertz CT molecular complexity index is 644. The fourth-order valence-electron chi connectivity index (χ4n) is 2.02. The first-order chi connectivity index (χ1) is 10.5. The molecule has 4 nitrogen and oxygen atoms in total. The van der Waals surface area contributed by atoms with E-state index in [2.05, 4.69) is 49.0 Å². The summed E-state index contributed by atoms with van der Waals surface area (Å²) >= 11 is 1.65. The van der Waals surface area contributed by atoms with Gasteiger partial charge in [-0.3, -0.25) is 0 Å². The van der Waals surface area contributed by atoms with E-state index in [1.165, 1.54) is 5.57 Å². The average Bonchev–Trinajstić information content (AvgIpc) is 2.95. The second-order valence-corrected chi connectivity index (χ2v) is 7.15. The molecule has 2 aromatic rings. The lowest BCUT2D eigenvalue weighted by Gasteiger charge is -2.23. The first kappa shape index (κ1) is 16.5. The maximum atomic E-state index is 4.17. The van der Waals surface area contributed by atoms with E-state index in [-0.39, 0.29) is 4.75 Å². The zero-order valence-electron chi connectivity index (χ0n) is 13.4. The summed E-state index contributed by atoms with van der Waals surface area (Å²) in [6.45, 7) is 10.4. The van der Waals surface area contributed by atoms with Gasteiger partial charge in [0.2, 0.25) is 5.16 Å². The molecule has 1 aromatic carbocycles. The molecule has 1 unspecified atom stereocenters. The van der Waals surface area contributed by atoms with E-state index in [0.717, 1.165) is 23.7 Å². The number of rotatable bonds is 7. The molecule has 0 fully saturated rings. The van der Waals surface area contributed by atoms with Crippen LogP contribution in [0.25, 0.3) is 5.69 Å². The van der Waals surface area contributed by atoms with Gasteiger partial charge in [0.15, 0.2) is 0 Å². The third-order valence-corrected chi connectivity index (χ3v) is 4.67. The molecule has 0 bridgehead atoms. The molecule has 1 aromatic heterocycles. The maximum absolute atomic E-state index is 4.17. The monoisotopic (exact) mass is 314 g/mol. The highest BCUT2D eigenvalue weighted by molar-refractivity contribution is 8.00. The van der Waals surface area contributed by atoms with Crippen LogP contribution < -0.4 is 0 Å². The molecular formula is C17H22N4S. The Morgan fingerprint density at radius 1 is 1.32 bits per heavy atom. The highest BCUT2D eigenvalue weighted by Crippen LogP contribution is 2.36. The number of hydrogen-bond acceptors (Lipinski definition) is 4. The molecule has 0 aliphatic heterocycles. The highest BCUT2D eigenvalue weighted by Gasteiger charge is 2.25. The zero-order valence-corrected chi connectivity index (χ0v) is 14.2. The summed E-state index contributed by atoms with van der Waals surface area (Å²) in [6.07, 6.45) is 6.25. The fourth-order valence-corrected chi connectivity index (χ4v) is 3.05. The average molecular weight is 314 g/mol. The lowest BCUT2D eigenvalue weighted by Crippen LogP contribution is -2.17. The number of para-hydroxylation sites is 1. The van der Waals surface area contributed by atoms with Gasteiger partial charge < -0.3 is 0 Å². The molecule has 0 radical (unpaired) electrons. The Hall–Kier alpha value is -1.88. The van der Waals surface area contributed by atoms with Crippen molar-refractivity contribution in [2.75, 3.05) is 0 Å². The number of nitrogens with zero attached hydrogens (tertiary/aromatic N) is 4. The van der Waals surface area contributed by atoms with Gasteiger partial charge in [-0.25, -0.2) is 0 Å². The van der Waals surface area contributed by atoms with E-state index in [1.54, 1.807) is 16.4 Å². The summed E-state index contributed by atoms with van der Waals surface area (Å²) in [6, 6.07) is 9.93. The molecule has 1 heterocycles. The van der Waals surface area contributed by atoms with E-state index in [0.29, 0.717) is 0 Å². The second kappa shape index (κ2) is 7.40. The minimum absolute atomic E-state index is 0.104. The second-order valence-electron chi connectivity index (χ2n) is 5.65. The van der Waals surface area contributed by atoms with Crippen molar-refractivity contribution in [2.24, 2.45) is 0 Å². The third-order valence-electron chi connectivity index (χ3n) is 3.39. The standard InChI is InChI=1S/C17H22N4S/c1-5-17(4,13-9-10-14(2)3)22-16-18-19-20-21(16)15-11-7-6-8-12-15/h5-8,10-12H,1,9,13H2,2-4H3. The normalized spacial score (nSPS) is 13.4. The van der Waals surface area contributed by atoms with Gasteiger partial charge in [-0.15, -0.1) is 11.7 Å². The lowest BCUT2D eigenvalue weighted by atomic mass is 10.0. The van der Waals surface area contributed by atoms with Gasteiger partial charge in [-0.05, 0) is 56.2 Å². The number of allylic oxidation sites excluding steroid dienone is 2. The first-order valence-corrected chi connectivity index (χ1v) is 8.15. The lowest BCUT2D eigenvalue weighted by molar-refractivity contribution is 0.695. The molecule has 0 aliphatic rings. The van der Waals surface area contributed by atoms with E-state index < -0.39 is 0 Å². The van der Waals surface area contributed by atoms with Crippen LogP contribution in [0.4, 0.5) is 0 Å². The Morgan fingerprint density at radius 3 is 2.68 bits per heavy atom. The molecule has 5 heteroatoms. The predicted octanol–water partition coefficient (Wildman–Crippen LogP) is 4.45. The van der Waals surface area contributed by atoms with Crippen molar-refractivity contribution in [3.05, 3.63) is 54.6 Å². The SMILES string of the molecule is C=CC(C)(CCC=C(C)C)Sc1nnnn1-c1ccccc1. The van der Waals surface area contributed by atoms with E-state index in [4.69, 9.17) is 0 Å². The summed E-state index contributed by atoms with van der Waals surface area (Å²) in [5.74, 6) is 0. The fraction of sp³-hybridized carbons (Fsp3) is 0.353. The Kier molecular flexibility index (Phi) is 5.55. The summed E-state index contributed by atoms with van der Waals surface area (Å²) in [5, 5.41) is 12.9. The minimum Gasteiger partial charge on any atom is -0.187 e. The Morgan fingerprint density at radius 2 is 2.05 bits per heavy atom. The smallest absolute Gasteiger partial charge is 0.187 e. The van der Waals surface area contributed by atoms with Crippen LogP contribution in [-0.2, 0) is 0 Å². The Labute approximate surface area is 136 Å². The molecule has 0 saturated heterocycles. The van der Waals surface area contributed by atoms with E-state index in [1.807, 2.05) is 36.4 Å². The van der Waals surface area contributed by atoms with Crippen LogP contribution in [-0.4, -0.2) is 25.0 Å². The topological polar surface area (TPSA) is 43.6 Å². The number of benzene rings is 1. The highest BCUT2D eigenvalue weighted by atomic mass is 32.2. The van der Waals surface area contributed by atoms with Crippen molar-refractivity contribution < 1.29 is 0 Å². The molecule has 22 heavy (non-hydrogen) atoms. The van der Waals surface area contributed by atoms with Gasteiger partial charge in [0.25, 0.3) is 0 Å². The molecule has 0 N–H and O–H groups in total. The first-order valence-electron chi connectivity index (χ1n) is 7.34. The summed E-state index contributed by atoms with van der Waals surface area (Å²) in [5.41, 5.74) is 2.30. The summed E-state index contributed by atoms with van der Waals surface area (Å²) in [4.78, 5) is 0. The number of tetrazole rings is 1. The maximum Gasteiger partial charge on any atom is 0.214 e. The molecule has 0 spiro atoms. The van der Waals surface area contributed by atoms with E-state index in [9.17, 15) is 0 Å². The van der Waals surface area contributed by atoms with Crippen molar-refractivity contribution in [1.29, 1.82) is 0 Å². The van der Waals surface area contributed by atoms with Crippen molar-refractivity contribution in [3.8, 4) is 5.69 Å². The quantitative estimate of drug-likeness (QED) is 0.559. The number of thioether (sulfide) groups is 1. The van der Waals surface area contributed by atoms with Crippen molar-refractivity contribution in [1.82, 2.24) is 20.2 Å². The van der Waals surface area contributed by atoms with Gasteiger partial charge in [0, 0.05) is 4.75 Å². The van der Waals surface area contributed by atoms with Crippen molar-refractivity contribution in [2.45, 2.75) is 43.5 Å².